The van der Waals surface area contributed by atoms with E-state index >= 15 is 0 Å². The van der Waals surface area contributed by atoms with Crippen LogP contribution >= 0.6 is 11.5 Å². The van der Waals surface area contributed by atoms with E-state index in [9.17, 15) is 0 Å². The number of nitrogens with zero attached hydrogens (tertiary/aromatic N) is 3. The van der Waals surface area contributed by atoms with Crippen LogP contribution < -0.4 is 4.74 Å². The molecule has 3 aromatic rings. The average molecular weight is 357 g/mol. The second kappa shape index (κ2) is 7.80. The Bertz CT molecular complexity index is 827. The molecule has 0 radical (unpaired) electrons. The highest BCUT2D eigenvalue weighted by Crippen LogP contribution is 2.31. The lowest BCUT2D eigenvalue weighted by molar-refractivity contribution is 0.357. The molecule has 1 aromatic carbocycles. The van der Waals surface area contributed by atoms with Gasteiger partial charge in [0.2, 0.25) is 0 Å². The van der Waals surface area contributed by atoms with Crippen molar-refractivity contribution >= 4 is 11.5 Å². The van der Waals surface area contributed by atoms with Crippen LogP contribution in [-0.4, -0.2) is 34.4 Å². The lowest BCUT2D eigenvalue weighted by Crippen LogP contribution is -2.20. The number of aryl methyl sites for hydroxylation is 2. The Morgan fingerprint density at radius 1 is 1.24 bits per heavy atom. The molecule has 0 atom stereocenters. The smallest absolute Gasteiger partial charge is 0.299 e. The van der Waals surface area contributed by atoms with E-state index in [4.69, 9.17) is 9.15 Å². The SMILES string of the molecule is CCN(C)CCc1cc(C)c(Oc2nc(-c3ccoc3)ns2)cc1C. The van der Waals surface area contributed by atoms with Crippen LogP contribution in [0.4, 0.5) is 0 Å². The minimum Gasteiger partial charge on any atom is -0.472 e. The van der Waals surface area contributed by atoms with Crippen LogP contribution in [0.15, 0.2) is 35.1 Å². The number of hydrogen-bond donors (Lipinski definition) is 0. The molecule has 0 aliphatic rings. The van der Waals surface area contributed by atoms with E-state index in [1.807, 2.05) is 6.07 Å². The maximum atomic E-state index is 5.97. The van der Waals surface area contributed by atoms with Crippen LogP contribution in [0.2, 0.25) is 0 Å². The second-order valence-corrected chi connectivity index (χ2v) is 6.90. The molecule has 0 saturated carbocycles. The molecule has 0 aliphatic carbocycles. The Balaban J connectivity index is 1.73. The highest BCUT2D eigenvalue weighted by Gasteiger charge is 2.12. The summed E-state index contributed by atoms with van der Waals surface area (Å²) in [5, 5.41) is 0.539. The molecule has 2 heterocycles. The third kappa shape index (κ3) is 4.27. The van der Waals surface area contributed by atoms with E-state index in [-0.39, 0.29) is 0 Å². The first kappa shape index (κ1) is 17.6. The standard InChI is InChI=1S/C19H23N3O2S/c1-5-22(4)8-6-15-10-14(3)17(11-13(15)2)24-19-20-18(21-25-19)16-7-9-23-12-16/h7,9-12H,5-6,8H2,1-4H3. The van der Waals surface area contributed by atoms with Gasteiger partial charge >= 0.3 is 0 Å². The predicted octanol–water partition coefficient (Wildman–Crippen LogP) is 4.70. The molecule has 132 valence electrons. The van der Waals surface area contributed by atoms with Crippen molar-refractivity contribution in [2.24, 2.45) is 0 Å². The quantitative estimate of drug-likeness (QED) is 0.613. The topological polar surface area (TPSA) is 51.4 Å². The van der Waals surface area contributed by atoms with Crippen LogP contribution in [-0.2, 0) is 6.42 Å². The fraction of sp³-hybridized carbons (Fsp3) is 0.368. The van der Waals surface area contributed by atoms with Crippen LogP contribution in [0, 0.1) is 13.8 Å². The van der Waals surface area contributed by atoms with Crippen molar-refractivity contribution in [1.82, 2.24) is 14.3 Å². The lowest BCUT2D eigenvalue weighted by Gasteiger charge is -2.16. The van der Waals surface area contributed by atoms with Gasteiger partial charge in [0.15, 0.2) is 5.82 Å². The van der Waals surface area contributed by atoms with E-state index in [2.05, 4.69) is 54.2 Å². The Labute approximate surface area is 152 Å². The van der Waals surface area contributed by atoms with Gasteiger partial charge in [-0.25, -0.2) is 0 Å². The predicted molar refractivity (Wildman–Crippen MR) is 100 cm³/mol. The first-order chi connectivity index (χ1) is 12.1. The normalized spacial score (nSPS) is 11.2. The van der Waals surface area contributed by atoms with Crippen molar-refractivity contribution in [3.05, 3.63) is 47.4 Å². The minimum atomic E-state index is 0.539. The Morgan fingerprint density at radius 2 is 2.08 bits per heavy atom. The summed E-state index contributed by atoms with van der Waals surface area (Å²) in [5.74, 6) is 1.46. The van der Waals surface area contributed by atoms with Crippen LogP contribution in [0.1, 0.15) is 23.6 Å². The van der Waals surface area contributed by atoms with Gasteiger partial charge in [-0.1, -0.05) is 13.0 Å². The van der Waals surface area contributed by atoms with Gasteiger partial charge in [-0.05, 0) is 62.7 Å². The number of likely N-dealkylation sites (N-methyl/N-ethyl adjacent to an activating group) is 1. The molecule has 25 heavy (non-hydrogen) atoms. The summed E-state index contributed by atoms with van der Waals surface area (Å²) in [6.45, 7) is 8.50. The molecule has 0 amide bonds. The lowest BCUT2D eigenvalue weighted by atomic mass is 10.0. The monoisotopic (exact) mass is 357 g/mol. The maximum absolute atomic E-state index is 5.97. The van der Waals surface area contributed by atoms with E-state index in [1.165, 1.54) is 22.7 Å². The van der Waals surface area contributed by atoms with E-state index in [0.717, 1.165) is 36.4 Å². The van der Waals surface area contributed by atoms with Gasteiger partial charge in [0.05, 0.1) is 11.8 Å². The largest absolute Gasteiger partial charge is 0.472 e. The number of hydrogen-bond acceptors (Lipinski definition) is 6. The van der Waals surface area contributed by atoms with Gasteiger partial charge in [0.1, 0.15) is 12.0 Å². The molecule has 0 unspecified atom stereocenters. The molecule has 0 spiro atoms. The van der Waals surface area contributed by atoms with Crippen LogP contribution in [0.5, 0.6) is 10.9 Å². The van der Waals surface area contributed by atoms with Gasteiger partial charge < -0.3 is 14.1 Å². The number of furan rings is 1. The second-order valence-electron chi connectivity index (χ2n) is 6.19. The zero-order chi connectivity index (χ0) is 17.8. The van der Waals surface area contributed by atoms with E-state index < -0.39 is 0 Å². The minimum absolute atomic E-state index is 0.539. The summed E-state index contributed by atoms with van der Waals surface area (Å²) in [6.07, 6.45) is 4.28. The number of rotatable bonds is 7. The molecular formula is C19H23N3O2S. The first-order valence-electron chi connectivity index (χ1n) is 8.39. The molecule has 5 nitrogen and oxygen atoms in total. The molecule has 0 saturated heterocycles. The van der Waals surface area contributed by atoms with Crippen molar-refractivity contribution in [3.8, 4) is 22.3 Å². The number of aromatic nitrogens is 2. The first-order valence-corrected chi connectivity index (χ1v) is 9.17. The zero-order valence-electron chi connectivity index (χ0n) is 15.1. The third-order valence-corrected chi connectivity index (χ3v) is 4.92. The highest BCUT2D eigenvalue weighted by atomic mass is 32.1. The molecule has 3 rings (SSSR count). The van der Waals surface area contributed by atoms with Crippen molar-refractivity contribution in [3.63, 3.8) is 0 Å². The van der Waals surface area contributed by atoms with Crippen LogP contribution in [0.25, 0.3) is 11.4 Å². The molecular weight excluding hydrogens is 334 g/mol. The fourth-order valence-corrected chi connectivity index (χ4v) is 3.12. The van der Waals surface area contributed by atoms with E-state index in [0.29, 0.717) is 11.0 Å². The average Bonchev–Trinajstić information content (AvgIpc) is 3.27. The van der Waals surface area contributed by atoms with Gasteiger partial charge in [-0.2, -0.15) is 9.36 Å². The molecule has 0 N–H and O–H groups in total. The molecule has 6 heteroatoms. The molecule has 0 bridgehead atoms. The van der Waals surface area contributed by atoms with Crippen LogP contribution in [0.3, 0.4) is 0 Å². The van der Waals surface area contributed by atoms with Gasteiger partial charge in [0.25, 0.3) is 5.19 Å². The Hall–Kier alpha value is -2.18. The van der Waals surface area contributed by atoms with Crippen molar-refractivity contribution < 1.29 is 9.15 Å². The van der Waals surface area contributed by atoms with Crippen molar-refractivity contribution in [1.29, 1.82) is 0 Å². The number of benzene rings is 1. The van der Waals surface area contributed by atoms with Crippen molar-refractivity contribution in [2.75, 3.05) is 20.1 Å². The summed E-state index contributed by atoms with van der Waals surface area (Å²) in [5.41, 5.74) is 4.57. The summed E-state index contributed by atoms with van der Waals surface area (Å²) < 4.78 is 15.4. The highest BCUT2D eigenvalue weighted by molar-refractivity contribution is 7.07. The van der Waals surface area contributed by atoms with Gasteiger partial charge in [-0.15, -0.1) is 0 Å². The molecule has 0 aliphatic heterocycles. The van der Waals surface area contributed by atoms with Crippen molar-refractivity contribution in [2.45, 2.75) is 27.2 Å². The zero-order valence-corrected chi connectivity index (χ0v) is 15.9. The summed E-state index contributed by atoms with van der Waals surface area (Å²) in [7, 11) is 2.15. The maximum Gasteiger partial charge on any atom is 0.299 e. The summed E-state index contributed by atoms with van der Waals surface area (Å²) in [4.78, 5) is 6.75. The molecule has 2 aromatic heterocycles. The Morgan fingerprint density at radius 3 is 2.80 bits per heavy atom. The van der Waals surface area contributed by atoms with Gasteiger partial charge in [0, 0.05) is 18.1 Å². The molecule has 0 fully saturated rings. The number of ether oxygens (including phenoxy) is 1. The summed E-state index contributed by atoms with van der Waals surface area (Å²) in [6, 6.07) is 6.14. The fourth-order valence-electron chi connectivity index (χ4n) is 2.55. The van der Waals surface area contributed by atoms with Gasteiger partial charge in [-0.3, -0.25) is 0 Å². The Kier molecular flexibility index (Phi) is 5.50. The summed E-state index contributed by atoms with van der Waals surface area (Å²) >= 11 is 1.25. The third-order valence-electron chi connectivity index (χ3n) is 4.32. The van der Waals surface area contributed by atoms with E-state index in [1.54, 1.807) is 12.5 Å².